The Hall–Kier alpha value is -3.45. The Bertz CT molecular complexity index is 1350. The van der Waals surface area contributed by atoms with Crippen LogP contribution in [-0.2, 0) is 0 Å². The van der Waals surface area contributed by atoms with Gasteiger partial charge in [0.1, 0.15) is 11.5 Å². The molecule has 0 saturated heterocycles. The van der Waals surface area contributed by atoms with Crippen LogP contribution in [0.25, 0.3) is 33.2 Å². The number of fused-ring (bicyclic) bond motifs is 1. The SMILES string of the molecule is COc1cc2[nH]c(C)c(-c3ccc(-c4ccc(OC(F)(F)F)cc4)cc3)c(=O)c2cc1Cl. The molecule has 0 aliphatic carbocycles. The molecule has 4 aromatic rings. The fraction of sp³-hybridized carbons (Fsp3) is 0.125. The van der Waals surface area contributed by atoms with Crippen molar-refractivity contribution in [2.24, 2.45) is 0 Å². The van der Waals surface area contributed by atoms with Crippen LogP contribution in [0.15, 0.2) is 65.5 Å². The zero-order valence-electron chi connectivity index (χ0n) is 17.0. The fourth-order valence-corrected chi connectivity index (χ4v) is 3.84. The van der Waals surface area contributed by atoms with Crippen molar-refractivity contribution in [1.29, 1.82) is 0 Å². The van der Waals surface area contributed by atoms with Crippen LogP contribution in [0.1, 0.15) is 5.69 Å². The standard InChI is InChI=1S/C24H17ClF3NO3/c1-13-22(23(30)18-11-19(25)21(31-2)12-20(18)29-13)16-5-3-14(4-6-16)15-7-9-17(10-8-15)32-24(26,27)28/h3-12H,1-2H3,(H,29,30). The summed E-state index contributed by atoms with van der Waals surface area (Å²) >= 11 is 6.20. The number of alkyl halides is 3. The Labute approximate surface area is 186 Å². The van der Waals surface area contributed by atoms with Crippen LogP contribution >= 0.6 is 11.6 Å². The van der Waals surface area contributed by atoms with Gasteiger partial charge < -0.3 is 14.5 Å². The average molecular weight is 460 g/mol. The summed E-state index contributed by atoms with van der Waals surface area (Å²) in [7, 11) is 1.50. The van der Waals surface area contributed by atoms with Crippen molar-refractivity contribution < 1.29 is 22.6 Å². The summed E-state index contributed by atoms with van der Waals surface area (Å²) in [4.78, 5) is 16.4. The maximum atomic E-state index is 13.2. The number of ether oxygens (including phenoxy) is 2. The highest BCUT2D eigenvalue weighted by atomic mass is 35.5. The van der Waals surface area contributed by atoms with E-state index in [2.05, 4.69) is 9.72 Å². The minimum atomic E-state index is -4.73. The van der Waals surface area contributed by atoms with E-state index in [1.807, 2.05) is 6.92 Å². The number of methoxy groups -OCH3 is 1. The molecule has 1 aromatic heterocycles. The van der Waals surface area contributed by atoms with Crippen molar-refractivity contribution >= 4 is 22.5 Å². The van der Waals surface area contributed by atoms with E-state index in [9.17, 15) is 18.0 Å². The van der Waals surface area contributed by atoms with Crippen molar-refractivity contribution in [2.45, 2.75) is 13.3 Å². The van der Waals surface area contributed by atoms with Gasteiger partial charge in [-0.1, -0.05) is 48.0 Å². The number of hydrogen-bond donors (Lipinski definition) is 1. The summed E-state index contributed by atoms with van der Waals surface area (Å²) < 4.78 is 46.1. The van der Waals surface area contributed by atoms with E-state index < -0.39 is 6.36 Å². The van der Waals surface area contributed by atoms with Gasteiger partial charge in [-0.2, -0.15) is 0 Å². The molecule has 0 atom stereocenters. The predicted molar refractivity (Wildman–Crippen MR) is 118 cm³/mol. The van der Waals surface area contributed by atoms with E-state index in [0.29, 0.717) is 44.1 Å². The number of aromatic nitrogens is 1. The van der Waals surface area contributed by atoms with Gasteiger partial charge in [0.05, 0.1) is 17.6 Å². The van der Waals surface area contributed by atoms with Gasteiger partial charge in [-0.3, -0.25) is 4.79 Å². The molecule has 4 rings (SSSR count). The number of aryl methyl sites for hydroxylation is 1. The van der Waals surface area contributed by atoms with Gasteiger partial charge in [0, 0.05) is 22.7 Å². The molecule has 1 heterocycles. The summed E-state index contributed by atoms with van der Waals surface area (Å²) in [5.74, 6) is 0.185. The van der Waals surface area contributed by atoms with E-state index in [1.165, 1.54) is 19.2 Å². The Morgan fingerprint density at radius 2 is 1.47 bits per heavy atom. The molecule has 4 nitrogen and oxygen atoms in total. The van der Waals surface area contributed by atoms with Crippen molar-refractivity contribution in [2.75, 3.05) is 7.11 Å². The molecule has 0 bridgehead atoms. The molecule has 0 radical (unpaired) electrons. The third-order valence-electron chi connectivity index (χ3n) is 5.06. The molecule has 0 fully saturated rings. The first-order chi connectivity index (χ1) is 15.2. The van der Waals surface area contributed by atoms with Gasteiger partial charge >= 0.3 is 6.36 Å². The zero-order valence-corrected chi connectivity index (χ0v) is 17.8. The average Bonchev–Trinajstić information content (AvgIpc) is 2.74. The lowest BCUT2D eigenvalue weighted by molar-refractivity contribution is -0.274. The maximum Gasteiger partial charge on any atom is 0.573 e. The summed E-state index contributed by atoms with van der Waals surface area (Å²) in [6.07, 6.45) is -4.73. The largest absolute Gasteiger partial charge is 0.573 e. The number of H-pyrrole nitrogens is 1. The summed E-state index contributed by atoms with van der Waals surface area (Å²) in [5, 5.41) is 0.786. The molecule has 164 valence electrons. The van der Waals surface area contributed by atoms with Gasteiger partial charge in [0.15, 0.2) is 5.43 Å². The van der Waals surface area contributed by atoms with Crippen molar-refractivity contribution in [3.05, 3.63) is 81.6 Å². The van der Waals surface area contributed by atoms with Crippen LogP contribution < -0.4 is 14.9 Å². The number of aromatic amines is 1. The highest BCUT2D eigenvalue weighted by molar-refractivity contribution is 6.32. The summed E-state index contributed by atoms with van der Waals surface area (Å²) in [5.41, 5.74) is 3.87. The topological polar surface area (TPSA) is 51.3 Å². The van der Waals surface area contributed by atoms with E-state index in [0.717, 1.165) is 5.56 Å². The van der Waals surface area contributed by atoms with E-state index >= 15 is 0 Å². The van der Waals surface area contributed by atoms with Gasteiger partial charge in [0.2, 0.25) is 0 Å². The van der Waals surface area contributed by atoms with Gasteiger partial charge in [-0.25, -0.2) is 0 Å². The van der Waals surface area contributed by atoms with Crippen molar-refractivity contribution in [3.8, 4) is 33.8 Å². The van der Waals surface area contributed by atoms with Crippen LogP contribution in [0, 0.1) is 6.92 Å². The van der Waals surface area contributed by atoms with Crippen LogP contribution in [0.4, 0.5) is 13.2 Å². The number of benzene rings is 3. The third kappa shape index (κ3) is 4.29. The molecule has 3 aromatic carbocycles. The molecule has 8 heteroatoms. The Kier molecular flexibility index (Phi) is 5.60. The lowest BCUT2D eigenvalue weighted by Gasteiger charge is -2.12. The van der Waals surface area contributed by atoms with Gasteiger partial charge in [0.25, 0.3) is 0 Å². The molecule has 0 amide bonds. The smallest absolute Gasteiger partial charge is 0.495 e. The first-order valence-corrected chi connectivity index (χ1v) is 9.91. The maximum absolute atomic E-state index is 13.2. The first kappa shape index (κ1) is 21.8. The minimum Gasteiger partial charge on any atom is -0.495 e. The second-order valence-electron chi connectivity index (χ2n) is 7.14. The van der Waals surface area contributed by atoms with Crippen LogP contribution in [0.5, 0.6) is 11.5 Å². The Morgan fingerprint density at radius 1 is 0.906 bits per heavy atom. The minimum absolute atomic E-state index is 0.165. The van der Waals surface area contributed by atoms with Crippen LogP contribution in [-0.4, -0.2) is 18.5 Å². The van der Waals surface area contributed by atoms with Crippen molar-refractivity contribution in [1.82, 2.24) is 4.98 Å². The molecular weight excluding hydrogens is 443 g/mol. The predicted octanol–water partition coefficient (Wildman–Crippen LogP) is 6.73. The molecular formula is C24H17ClF3NO3. The van der Waals surface area contributed by atoms with E-state index in [-0.39, 0.29) is 11.2 Å². The number of hydrogen-bond acceptors (Lipinski definition) is 3. The molecule has 1 N–H and O–H groups in total. The van der Waals surface area contributed by atoms with Gasteiger partial charge in [-0.15, -0.1) is 13.2 Å². The Morgan fingerprint density at radius 3 is 2.03 bits per heavy atom. The summed E-state index contributed by atoms with van der Waals surface area (Å²) in [6, 6.07) is 16.1. The van der Waals surface area contributed by atoms with Gasteiger partial charge in [-0.05, 0) is 41.8 Å². The molecule has 32 heavy (non-hydrogen) atoms. The lowest BCUT2D eigenvalue weighted by atomic mass is 9.98. The Balaban J connectivity index is 1.69. The fourth-order valence-electron chi connectivity index (χ4n) is 3.60. The van der Waals surface area contributed by atoms with Crippen molar-refractivity contribution in [3.63, 3.8) is 0 Å². The first-order valence-electron chi connectivity index (χ1n) is 9.53. The van der Waals surface area contributed by atoms with E-state index in [1.54, 1.807) is 48.5 Å². The number of nitrogens with one attached hydrogen (secondary N) is 1. The zero-order chi connectivity index (χ0) is 23.0. The highest BCUT2D eigenvalue weighted by Gasteiger charge is 2.30. The number of pyridine rings is 1. The van der Waals surface area contributed by atoms with E-state index in [4.69, 9.17) is 16.3 Å². The van der Waals surface area contributed by atoms with Crippen LogP contribution in [0.2, 0.25) is 5.02 Å². The normalized spacial score (nSPS) is 11.6. The molecule has 0 unspecified atom stereocenters. The van der Waals surface area contributed by atoms with Crippen LogP contribution in [0.3, 0.4) is 0 Å². The molecule has 0 saturated carbocycles. The second kappa shape index (κ2) is 8.24. The second-order valence-corrected chi connectivity index (χ2v) is 7.54. The molecule has 0 aliphatic heterocycles. The number of halogens is 4. The monoisotopic (exact) mass is 459 g/mol. The molecule has 0 spiro atoms. The third-order valence-corrected chi connectivity index (χ3v) is 5.35. The number of rotatable bonds is 4. The lowest BCUT2D eigenvalue weighted by Crippen LogP contribution is -2.16. The summed E-state index contributed by atoms with van der Waals surface area (Å²) in [6.45, 7) is 1.81. The highest BCUT2D eigenvalue weighted by Crippen LogP contribution is 2.31. The quantitative estimate of drug-likeness (QED) is 0.368. The molecule has 0 aliphatic rings.